The number of rotatable bonds is 9. The predicted molar refractivity (Wildman–Crippen MR) is 113 cm³/mol. The van der Waals surface area contributed by atoms with Crippen LogP contribution in [-0.4, -0.2) is 61.0 Å². The van der Waals surface area contributed by atoms with Crippen molar-refractivity contribution in [1.82, 2.24) is 14.6 Å². The van der Waals surface area contributed by atoms with Crippen molar-refractivity contribution in [2.24, 2.45) is 0 Å². The number of carboxylic acids is 1. The number of aromatic amines is 1. The van der Waals surface area contributed by atoms with Crippen LogP contribution in [0.2, 0.25) is 0 Å². The highest BCUT2D eigenvalue weighted by atomic mass is 31.2. The summed E-state index contributed by atoms with van der Waals surface area (Å²) in [5.74, 6) is -4.64. The van der Waals surface area contributed by atoms with Gasteiger partial charge in [0.1, 0.15) is 30.1 Å². The average Bonchev–Trinajstić information content (AvgIpc) is 2.93. The molecule has 1 saturated heterocycles. The lowest BCUT2D eigenvalue weighted by Crippen LogP contribution is -2.50. The third kappa shape index (κ3) is 5.27. The molecule has 1 aromatic carbocycles. The van der Waals surface area contributed by atoms with E-state index in [9.17, 15) is 29.2 Å². The average molecular weight is 503 g/mol. The van der Waals surface area contributed by atoms with E-state index in [-0.39, 0.29) is 5.75 Å². The van der Waals surface area contributed by atoms with Crippen molar-refractivity contribution >= 4 is 13.7 Å². The second kappa shape index (κ2) is 9.41. The van der Waals surface area contributed by atoms with E-state index in [1.165, 1.54) is 24.3 Å². The molecule has 0 saturated carbocycles. The summed E-state index contributed by atoms with van der Waals surface area (Å²) in [7, 11) is -4.58. The maximum atomic E-state index is 15.6. The molecule has 2 heterocycles. The summed E-state index contributed by atoms with van der Waals surface area (Å²) in [6, 6.07) is 6.94. The van der Waals surface area contributed by atoms with Gasteiger partial charge in [-0.2, -0.15) is 5.09 Å². The zero-order chi connectivity index (χ0) is 25.3. The summed E-state index contributed by atoms with van der Waals surface area (Å²) in [6.07, 6.45) is -3.22. The molecule has 13 nitrogen and oxygen atoms in total. The van der Waals surface area contributed by atoms with E-state index >= 15 is 4.39 Å². The molecule has 1 fully saturated rings. The molecule has 0 amide bonds. The molecule has 1 aliphatic rings. The van der Waals surface area contributed by atoms with Gasteiger partial charge in [0.05, 0.1) is 0 Å². The Labute approximate surface area is 191 Å². The number of carbonyl (C=O) groups is 1. The molecule has 1 aromatic heterocycles. The van der Waals surface area contributed by atoms with Gasteiger partial charge in [0, 0.05) is 12.3 Å². The number of aliphatic hydroxyl groups is 2. The maximum absolute atomic E-state index is 15.6. The van der Waals surface area contributed by atoms with Crippen molar-refractivity contribution < 1.29 is 42.9 Å². The summed E-state index contributed by atoms with van der Waals surface area (Å²) in [5, 5.41) is 32.4. The van der Waals surface area contributed by atoms with Crippen LogP contribution in [-0.2, 0) is 18.6 Å². The normalized spacial score (nSPS) is 29.3. The number of carboxylic acid groups (broad SMARTS) is 1. The van der Waals surface area contributed by atoms with Crippen molar-refractivity contribution in [3.05, 3.63) is 63.4 Å². The van der Waals surface area contributed by atoms with Crippen molar-refractivity contribution in [3.8, 4) is 5.75 Å². The number of hydrogen-bond donors (Lipinski definition) is 5. The number of aromatic nitrogens is 2. The number of H-pyrrole nitrogens is 1. The first-order chi connectivity index (χ1) is 15.8. The Bertz CT molecular complexity index is 1200. The summed E-state index contributed by atoms with van der Waals surface area (Å²) >= 11 is 0. The number of hydrogen-bond acceptors (Lipinski definition) is 9. The van der Waals surface area contributed by atoms with Crippen LogP contribution in [0.15, 0.2) is 52.2 Å². The number of benzene rings is 1. The lowest BCUT2D eigenvalue weighted by Gasteiger charge is -2.28. The number of halogens is 1. The topological polar surface area (TPSA) is 189 Å². The van der Waals surface area contributed by atoms with Crippen molar-refractivity contribution in [2.75, 3.05) is 6.61 Å². The number of nitrogens with zero attached hydrogens (tertiary/aromatic N) is 1. The van der Waals surface area contributed by atoms with Crippen LogP contribution in [0.4, 0.5) is 4.39 Å². The second-order valence-electron chi connectivity index (χ2n) is 7.77. The van der Waals surface area contributed by atoms with Crippen LogP contribution in [0.1, 0.15) is 20.1 Å². The molecule has 5 N–H and O–H groups in total. The largest absolute Gasteiger partial charge is 0.480 e. The molecule has 0 radical (unpaired) electrons. The summed E-state index contributed by atoms with van der Waals surface area (Å²) in [6.45, 7) is 0.816. The highest BCUT2D eigenvalue weighted by Crippen LogP contribution is 2.50. The molecule has 0 aliphatic carbocycles. The third-order valence-electron chi connectivity index (χ3n) is 5.00. The smallest absolute Gasteiger partial charge is 0.459 e. The minimum absolute atomic E-state index is 0.00128. The highest BCUT2D eigenvalue weighted by molar-refractivity contribution is 7.52. The first-order valence-corrected chi connectivity index (χ1v) is 11.4. The molecule has 186 valence electrons. The Balaban J connectivity index is 1.87. The first kappa shape index (κ1) is 25.7. The Morgan fingerprint density at radius 2 is 2.00 bits per heavy atom. The Hall–Kier alpha value is -2.87. The van der Waals surface area contributed by atoms with E-state index in [0.717, 1.165) is 26.1 Å². The van der Waals surface area contributed by atoms with E-state index in [2.05, 4.69) is 5.09 Å². The van der Waals surface area contributed by atoms with Crippen LogP contribution in [0.3, 0.4) is 0 Å². The SMILES string of the molecule is C[C@@H](N[P@@](=O)(OC[C@@]1(F)O[C@@H](n2ccc(=O)[nH]c2=O)[C@](C)(O)[C@@H]1O)Oc1ccccc1)C(=O)O. The van der Waals surface area contributed by atoms with Gasteiger partial charge in [0.15, 0.2) is 6.23 Å². The van der Waals surface area contributed by atoms with Crippen LogP contribution in [0.25, 0.3) is 0 Å². The lowest BCUT2D eigenvalue weighted by atomic mass is 9.95. The van der Waals surface area contributed by atoms with Gasteiger partial charge in [0.2, 0.25) is 0 Å². The van der Waals surface area contributed by atoms with E-state index in [0.29, 0.717) is 4.57 Å². The quantitative estimate of drug-likeness (QED) is 0.292. The van der Waals surface area contributed by atoms with Crippen LogP contribution in [0, 0.1) is 0 Å². The zero-order valence-electron chi connectivity index (χ0n) is 18.0. The van der Waals surface area contributed by atoms with E-state index in [1.807, 2.05) is 4.98 Å². The maximum Gasteiger partial charge on any atom is 0.459 e. The minimum Gasteiger partial charge on any atom is -0.480 e. The standard InChI is InChI=1S/C19H23FN3O10P/c1-11(14(25)26)22-34(30,33-12-6-4-3-5-7-12)31-10-19(20)15(27)18(2,29)16(32-19)23-9-8-13(24)21-17(23)28/h3-9,11,15-16,27,29H,10H2,1-2H3,(H,22,30)(H,25,26)(H,21,24,28)/t11-,15+,16-,18-,19-,34-/m1/s1. The van der Waals surface area contributed by atoms with Crippen molar-refractivity contribution in [3.63, 3.8) is 0 Å². The van der Waals surface area contributed by atoms with Crippen LogP contribution >= 0.6 is 7.75 Å². The van der Waals surface area contributed by atoms with Gasteiger partial charge in [-0.05, 0) is 26.0 Å². The molecular weight excluding hydrogens is 480 g/mol. The number of nitrogens with one attached hydrogen (secondary N) is 2. The van der Waals surface area contributed by atoms with Gasteiger partial charge in [-0.15, -0.1) is 0 Å². The fourth-order valence-corrected chi connectivity index (χ4v) is 4.69. The number of aliphatic carboxylic acids is 1. The van der Waals surface area contributed by atoms with Gasteiger partial charge < -0.3 is 24.6 Å². The third-order valence-corrected chi connectivity index (χ3v) is 6.62. The Kier molecular flexibility index (Phi) is 7.12. The fourth-order valence-electron chi connectivity index (χ4n) is 3.18. The molecule has 1 aliphatic heterocycles. The highest BCUT2D eigenvalue weighted by Gasteiger charge is 2.63. The van der Waals surface area contributed by atoms with Crippen molar-refractivity contribution in [1.29, 1.82) is 0 Å². The Morgan fingerprint density at radius 1 is 1.35 bits per heavy atom. The zero-order valence-corrected chi connectivity index (χ0v) is 18.8. The van der Waals surface area contributed by atoms with E-state index in [4.69, 9.17) is 18.9 Å². The fraction of sp³-hybridized carbons (Fsp3) is 0.421. The summed E-state index contributed by atoms with van der Waals surface area (Å²) in [5.41, 5.74) is -4.22. The predicted octanol–water partition coefficient (Wildman–Crippen LogP) is 0.110. The molecule has 0 unspecified atom stereocenters. The van der Waals surface area contributed by atoms with Gasteiger partial charge in [-0.1, -0.05) is 18.2 Å². The first-order valence-electron chi connectivity index (χ1n) is 9.86. The molecule has 0 spiro atoms. The number of ether oxygens (including phenoxy) is 1. The molecule has 0 bridgehead atoms. The van der Waals surface area contributed by atoms with Gasteiger partial charge in [-0.25, -0.2) is 13.8 Å². The molecule has 6 atom stereocenters. The van der Waals surface area contributed by atoms with Gasteiger partial charge >= 0.3 is 19.4 Å². The van der Waals surface area contributed by atoms with Crippen LogP contribution in [0.5, 0.6) is 5.75 Å². The van der Waals surface area contributed by atoms with E-state index in [1.54, 1.807) is 6.07 Å². The van der Waals surface area contributed by atoms with Gasteiger partial charge in [0.25, 0.3) is 11.4 Å². The molecule has 3 rings (SSSR count). The number of aliphatic hydroxyl groups excluding tert-OH is 1. The molecule has 2 aromatic rings. The lowest BCUT2D eigenvalue weighted by molar-refractivity contribution is -0.204. The van der Waals surface area contributed by atoms with Crippen LogP contribution < -0.4 is 20.9 Å². The second-order valence-corrected chi connectivity index (χ2v) is 9.46. The molecule has 34 heavy (non-hydrogen) atoms. The van der Waals surface area contributed by atoms with Crippen molar-refractivity contribution in [2.45, 2.75) is 43.7 Å². The van der Waals surface area contributed by atoms with E-state index < -0.39 is 61.4 Å². The number of para-hydroxylation sites is 1. The molecular formula is C19H23FN3O10P. The minimum atomic E-state index is -4.58. The molecule has 15 heteroatoms. The Morgan fingerprint density at radius 3 is 2.59 bits per heavy atom. The van der Waals surface area contributed by atoms with Gasteiger partial charge in [-0.3, -0.25) is 23.7 Å². The number of alkyl halides is 1. The summed E-state index contributed by atoms with van der Waals surface area (Å²) < 4.78 is 45.0. The summed E-state index contributed by atoms with van der Waals surface area (Å²) in [4.78, 5) is 36.5. The monoisotopic (exact) mass is 503 g/mol.